The van der Waals surface area contributed by atoms with Crippen molar-refractivity contribution in [2.24, 2.45) is 0 Å². The third-order valence-electron chi connectivity index (χ3n) is 3.31. The second-order valence-corrected chi connectivity index (χ2v) is 6.67. The molecule has 0 aliphatic heterocycles. The Balaban J connectivity index is 1.70. The van der Waals surface area contributed by atoms with Gasteiger partial charge in [0.25, 0.3) is 5.91 Å². The molecule has 0 fully saturated rings. The number of hydrogen-bond acceptors (Lipinski definition) is 3. The zero-order valence-corrected chi connectivity index (χ0v) is 15.2. The van der Waals surface area contributed by atoms with Crippen molar-refractivity contribution in [1.29, 1.82) is 0 Å². The second-order valence-electron chi connectivity index (χ2n) is 5.02. The molecular weight excluding hydrogens is 423 g/mol. The molecule has 3 rings (SSSR count). The van der Waals surface area contributed by atoms with Crippen LogP contribution in [0.5, 0.6) is 0 Å². The number of carbonyl (C=O) groups is 1. The maximum absolute atomic E-state index is 12.2. The number of hydrogen-bond donors (Lipinski definition) is 2. The molecule has 6 heteroatoms. The van der Waals surface area contributed by atoms with E-state index >= 15 is 0 Å². The van der Waals surface area contributed by atoms with Crippen molar-refractivity contribution in [1.82, 2.24) is 5.32 Å². The van der Waals surface area contributed by atoms with Gasteiger partial charge in [-0.25, -0.2) is 0 Å². The van der Waals surface area contributed by atoms with E-state index in [2.05, 4.69) is 33.2 Å². The average molecular weight is 436 g/mol. The summed E-state index contributed by atoms with van der Waals surface area (Å²) in [6.45, 7) is 1.98. The summed E-state index contributed by atoms with van der Waals surface area (Å²) < 4.78 is 6.66. The first-order valence-corrected chi connectivity index (χ1v) is 8.39. The maximum Gasteiger partial charge on any atom is 0.293 e. The van der Waals surface area contributed by atoms with Gasteiger partial charge in [0.15, 0.2) is 10.9 Å². The van der Waals surface area contributed by atoms with E-state index in [1.165, 1.54) is 0 Å². The lowest BCUT2D eigenvalue weighted by atomic mass is 10.2. The number of fused-ring (bicyclic) bond motifs is 1. The van der Waals surface area contributed by atoms with Crippen molar-refractivity contribution in [3.05, 3.63) is 63.4 Å². The van der Waals surface area contributed by atoms with Gasteiger partial charge in [-0.2, -0.15) is 0 Å². The number of amides is 1. The number of nitrogens with one attached hydrogen (secondary N) is 2. The molecule has 2 aromatic carbocycles. The molecular formula is C17H13IN2O2S. The number of para-hydroxylation sites is 1. The lowest BCUT2D eigenvalue weighted by molar-refractivity contribution is 0.0953. The third kappa shape index (κ3) is 3.70. The number of benzene rings is 2. The van der Waals surface area contributed by atoms with E-state index in [-0.39, 0.29) is 16.8 Å². The zero-order valence-electron chi connectivity index (χ0n) is 12.2. The van der Waals surface area contributed by atoms with Gasteiger partial charge in [-0.15, -0.1) is 0 Å². The molecule has 3 aromatic rings. The third-order valence-corrected chi connectivity index (χ3v) is 4.19. The Morgan fingerprint density at radius 2 is 1.96 bits per heavy atom. The van der Waals surface area contributed by atoms with Crippen molar-refractivity contribution in [3.63, 3.8) is 0 Å². The molecule has 2 N–H and O–H groups in total. The molecule has 0 unspecified atom stereocenters. The summed E-state index contributed by atoms with van der Waals surface area (Å²) in [5.74, 6) is -0.142. The largest absolute Gasteiger partial charge is 0.451 e. The first-order valence-electron chi connectivity index (χ1n) is 6.90. The van der Waals surface area contributed by atoms with E-state index in [0.29, 0.717) is 5.58 Å². The van der Waals surface area contributed by atoms with Crippen LogP contribution in [0.1, 0.15) is 16.1 Å². The molecule has 0 radical (unpaired) electrons. The van der Waals surface area contributed by atoms with Crippen LogP contribution in [-0.2, 0) is 0 Å². The average Bonchev–Trinajstić information content (AvgIpc) is 2.94. The summed E-state index contributed by atoms with van der Waals surface area (Å²) >= 11 is 7.45. The Kier molecular flexibility index (Phi) is 4.63. The zero-order chi connectivity index (χ0) is 16.4. The van der Waals surface area contributed by atoms with Crippen LogP contribution in [0.15, 0.2) is 52.9 Å². The highest BCUT2D eigenvalue weighted by Gasteiger charge is 2.13. The summed E-state index contributed by atoms with van der Waals surface area (Å²) in [6.07, 6.45) is 0. The van der Waals surface area contributed by atoms with Gasteiger partial charge in [0.1, 0.15) is 5.58 Å². The van der Waals surface area contributed by atoms with E-state index in [0.717, 1.165) is 20.2 Å². The van der Waals surface area contributed by atoms with Crippen LogP contribution in [0, 0.1) is 10.5 Å². The highest BCUT2D eigenvalue weighted by Crippen LogP contribution is 2.19. The summed E-state index contributed by atoms with van der Waals surface area (Å²) in [6, 6.07) is 15.1. The number of aryl methyl sites for hydroxylation is 1. The fraction of sp³-hybridized carbons (Fsp3) is 0.0588. The Morgan fingerprint density at radius 1 is 1.17 bits per heavy atom. The number of halogens is 1. The van der Waals surface area contributed by atoms with Crippen molar-refractivity contribution in [2.45, 2.75) is 6.92 Å². The smallest absolute Gasteiger partial charge is 0.293 e. The Hall–Kier alpha value is -1.93. The van der Waals surface area contributed by atoms with Gasteiger partial charge >= 0.3 is 0 Å². The lowest BCUT2D eigenvalue weighted by Crippen LogP contribution is -2.34. The Morgan fingerprint density at radius 3 is 2.70 bits per heavy atom. The maximum atomic E-state index is 12.2. The SMILES string of the molecule is Cc1cc(I)ccc1NC(=S)NC(=O)c1cc2ccccc2o1. The van der Waals surface area contributed by atoms with Crippen molar-refractivity contribution < 1.29 is 9.21 Å². The van der Waals surface area contributed by atoms with Gasteiger partial charge in [0.05, 0.1) is 0 Å². The quantitative estimate of drug-likeness (QED) is 0.460. The molecule has 0 saturated heterocycles. The summed E-state index contributed by atoms with van der Waals surface area (Å²) in [5, 5.41) is 6.78. The van der Waals surface area contributed by atoms with Gasteiger partial charge in [-0.05, 0) is 77.6 Å². The lowest BCUT2D eigenvalue weighted by Gasteiger charge is -2.11. The first kappa shape index (κ1) is 15.9. The topological polar surface area (TPSA) is 54.3 Å². The van der Waals surface area contributed by atoms with E-state index in [1.807, 2.05) is 49.4 Å². The highest BCUT2D eigenvalue weighted by molar-refractivity contribution is 14.1. The fourth-order valence-corrected chi connectivity index (χ4v) is 3.03. The van der Waals surface area contributed by atoms with Crippen LogP contribution in [0.3, 0.4) is 0 Å². The minimum absolute atomic E-state index is 0.231. The molecule has 0 spiro atoms. The van der Waals surface area contributed by atoms with E-state index in [1.54, 1.807) is 6.07 Å². The summed E-state index contributed by atoms with van der Waals surface area (Å²) in [5.41, 5.74) is 2.59. The minimum Gasteiger partial charge on any atom is -0.451 e. The normalized spacial score (nSPS) is 10.5. The predicted molar refractivity (Wildman–Crippen MR) is 104 cm³/mol. The van der Waals surface area contributed by atoms with Crippen LogP contribution in [0.2, 0.25) is 0 Å². The molecule has 0 bridgehead atoms. The van der Waals surface area contributed by atoms with Crippen LogP contribution in [-0.4, -0.2) is 11.0 Å². The van der Waals surface area contributed by atoms with Gasteiger partial charge in [-0.3, -0.25) is 10.1 Å². The molecule has 1 heterocycles. The molecule has 23 heavy (non-hydrogen) atoms. The minimum atomic E-state index is -0.373. The van der Waals surface area contributed by atoms with Crippen molar-refractivity contribution in [3.8, 4) is 0 Å². The van der Waals surface area contributed by atoms with Gasteiger partial charge in [0, 0.05) is 14.6 Å². The van der Waals surface area contributed by atoms with Crippen LogP contribution in [0.4, 0.5) is 5.69 Å². The molecule has 0 aliphatic rings. The predicted octanol–water partition coefficient (Wildman–Crippen LogP) is 4.47. The van der Waals surface area contributed by atoms with E-state index in [9.17, 15) is 4.79 Å². The van der Waals surface area contributed by atoms with Crippen molar-refractivity contribution >= 4 is 62.5 Å². The second kappa shape index (κ2) is 6.67. The molecule has 0 aliphatic carbocycles. The number of carbonyl (C=O) groups excluding carboxylic acids is 1. The van der Waals surface area contributed by atoms with Crippen LogP contribution >= 0.6 is 34.8 Å². The molecule has 0 saturated carbocycles. The molecule has 1 amide bonds. The molecule has 0 atom stereocenters. The summed E-state index contributed by atoms with van der Waals surface area (Å²) in [4.78, 5) is 12.2. The monoisotopic (exact) mass is 436 g/mol. The standard InChI is InChI=1S/C17H13IN2O2S/c1-10-8-12(18)6-7-13(10)19-17(23)20-16(21)15-9-11-4-2-3-5-14(11)22-15/h2-9H,1H3,(H2,19,20,21,23). The van der Waals surface area contributed by atoms with Gasteiger partial charge in [-0.1, -0.05) is 18.2 Å². The van der Waals surface area contributed by atoms with Crippen molar-refractivity contribution in [2.75, 3.05) is 5.32 Å². The fourth-order valence-electron chi connectivity index (χ4n) is 2.18. The van der Waals surface area contributed by atoms with E-state index < -0.39 is 0 Å². The van der Waals surface area contributed by atoms with Crippen LogP contribution in [0.25, 0.3) is 11.0 Å². The molecule has 4 nitrogen and oxygen atoms in total. The molecule has 1 aromatic heterocycles. The Bertz CT molecular complexity index is 871. The number of furan rings is 1. The van der Waals surface area contributed by atoms with E-state index in [4.69, 9.17) is 16.6 Å². The van der Waals surface area contributed by atoms with Crippen LogP contribution < -0.4 is 10.6 Å². The Labute approximate surface area is 152 Å². The first-order chi connectivity index (χ1) is 11.0. The number of thiocarbonyl (C=S) groups is 1. The van der Waals surface area contributed by atoms with Gasteiger partial charge < -0.3 is 9.73 Å². The summed E-state index contributed by atoms with van der Waals surface area (Å²) in [7, 11) is 0. The molecule has 116 valence electrons. The number of rotatable bonds is 2. The number of anilines is 1. The highest BCUT2D eigenvalue weighted by atomic mass is 127. The van der Waals surface area contributed by atoms with Gasteiger partial charge in [0.2, 0.25) is 0 Å².